The van der Waals surface area contributed by atoms with Crippen LogP contribution in [0.2, 0.25) is 0 Å². The van der Waals surface area contributed by atoms with E-state index >= 15 is 0 Å². The Kier molecular flexibility index (Phi) is 4.43. The highest BCUT2D eigenvalue weighted by atomic mass is 16.5. The molecule has 0 saturated carbocycles. The molecule has 1 saturated heterocycles. The Morgan fingerprint density at radius 3 is 2.32 bits per heavy atom. The van der Waals surface area contributed by atoms with Gasteiger partial charge in [0.1, 0.15) is 11.8 Å². The smallest absolute Gasteiger partial charge is 0.244 e. The third kappa shape index (κ3) is 3.47. The van der Waals surface area contributed by atoms with E-state index in [9.17, 15) is 4.79 Å². The minimum atomic E-state index is -0.564. The van der Waals surface area contributed by atoms with Crippen molar-refractivity contribution in [3.05, 3.63) is 29.8 Å². The predicted octanol–water partition coefficient (Wildman–Crippen LogP) is 2.10. The number of benzene rings is 1. The second-order valence-electron chi connectivity index (χ2n) is 5.25. The normalized spacial score (nSPS) is 16.7. The average molecular weight is 262 g/mol. The van der Waals surface area contributed by atoms with Gasteiger partial charge >= 0.3 is 0 Å². The highest BCUT2D eigenvalue weighted by Crippen LogP contribution is 2.20. The second-order valence-corrected chi connectivity index (χ2v) is 5.25. The maximum atomic E-state index is 12.2. The lowest BCUT2D eigenvalue weighted by molar-refractivity contribution is -0.131. The molecule has 19 heavy (non-hydrogen) atoms. The second kappa shape index (κ2) is 6.06. The van der Waals surface area contributed by atoms with Gasteiger partial charge in [-0.15, -0.1) is 0 Å². The van der Waals surface area contributed by atoms with E-state index in [0.29, 0.717) is 0 Å². The van der Waals surface area contributed by atoms with Gasteiger partial charge in [-0.25, -0.2) is 0 Å². The zero-order valence-corrected chi connectivity index (χ0v) is 11.6. The van der Waals surface area contributed by atoms with E-state index in [2.05, 4.69) is 0 Å². The van der Waals surface area contributed by atoms with Gasteiger partial charge in [-0.3, -0.25) is 4.79 Å². The van der Waals surface area contributed by atoms with Crippen LogP contribution in [0.25, 0.3) is 0 Å². The molecule has 1 unspecified atom stereocenters. The zero-order valence-electron chi connectivity index (χ0n) is 11.6. The van der Waals surface area contributed by atoms with Crippen molar-refractivity contribution in [1.82, 2.24) is 4.90 Å². The van der Waals surface area contributed by atoms with Crippen molar-refractivity contribution in [2.45, 2.75) is 38.8 Å². The Balaban J connectivity index is 2.02. The van der Waals surface area contributed by atoms with Gasteiger partial charge in [0, 0.05) is 13.1 Å². The van der Waals surface area contributed by atoms with E-state index in [1.807, 2.05) is 43.0 Å². The van der Waals surface area contributed by atoms with Crippen LogP contribution in [0.4, 0.5) is 0 Å². The first kappa shape index (κ1) is 13.9. The fraction of sp³-hybridized carbons (Fsp3) is 0.533. The van der Waals surface area contributed by atoms with Crippen LogP contribution in [0.15, 0.2) is 24.3 Å². The Morgan fingerprint density at radius 2 is 1.79 bits per heavy atom. The number of rotatable bonds is 4. The SMILES string of the molecule is CC(C)Oc1ccc(C(N)C(=O)N2CCCC2)cc1. The fourth-order valence-corrected chi connectivity index (χ4v) is 2.30. The molecule has 104 valence electrons. The number of likely N-dealkylation sites (tertiary alicyclic amines) is 1. The summed E-state index contributed by atoms with van der Waals surface area (Å²) in [4.78, 5) is 14.0. The summed E-state index contributed by atoms with van der Waals surface area (Å²) < 4.78 is 5.57. The average Bonchev–Trinajstić information content (AvgIpc) is 2.91. The Labute approximate surface area is 114 Å². The highest BCUT2D eigenvalue weighted by molar-refractivity contribution is 5.83. The van der Waals surface area contributed by atoms with E-state index < -0.39 is 6.04 Å². The molecule has 2 N–H and O–H groups in total. The number of hydrogen-bond acceptors (Lipinski definition) is 3. The van der Waals surface area contributed by atoms with Crippen LogP contribution in [-0.2, 0) is 4.79 Å². The van der Waals surface area contributed by atoms with Gasteiger partial charge in [-0.1, -0.05) is 12.1 Å². The summed E-state index contributed by atoms with van der Waals surface area (Å²) >= 11 is 0. The number of carbonyl (C=O) groups excluding carboxylic acids is 1. The third-order valence-electron chi connectivity index (χ3n) is 3.29. The molecule has 1 aliphatic heterocycles. The van der Waals surface area contributed by atoms with Crippen molar-refractivity contribution < 1.29 is 9.53 Å². The lowest BCUT2D eigenvalue weighted by Gasteiger charge is -2.20. The maximum absolute atomic E-state index is 12.2. The molecule has 1 fully saturated rings. The Bertz CT molecular complexity index is 422. The minimum Gasteiger partial charge on any atom is -0.491 e. The summed E-state index contributed by atoms with van der Waals surface area (Å²) in [6, 6.07) is 6.91. The van der Waals surface area contributed by atoms with Gasteiger partial charge in [-0.05, 0) is 44.4 Å². The molecule has 1 aliphatic rings. The van der Waals surface area contributed by atoms with Crippen LogP contribution in [0.5, 0.6) is 5.75 Å². The van der Waals surface area contributed by atoms with Crippen LogP contribution in [0, 0.1) is 0 Å². The third-order valence-corrected chi connectivity index (χ3v) is 3.29. The lowest BCUT2D eigenvalue weighted by atomic mass is 10.1. The minimum absolute atomic E-state index is 0.0232. The van der Waals surface area contributed by atoms with Gasteiger partial charge in [-0.2, -0.15) is 0 Å². The van der Waals surface area contributed by atoms with Crippen LogP contribution in [0.3, 0.4) is 0 Å². The molecule has 1 heterocycles. The fourth-order valence-electron chi connectivity index (χ4n) is 2.30. The Morgan fingerprint density at radius 1 is 1.21 bits per heavy atom. The monoisotopic (exact) mass is 262 g/mol. The summed E-state index contributed by atoms with van der Waals surface area (Å²) in [7, 11) is 0. The van der Waals surface area contributed by atoms with Crippen molar-refractivity contribution in [3.8, 4) is 5.75 Å². The number of hydrogen-bond donors (Lipinski definition) is 1. The molecular formula is C15H22N2O2. The Hall–Kier alpha value is -1.55. The van der Waals surface area contributed by atoms with Gasteiger partial charge in [0.05, 0.1) is 6.10 Å². The van der Waals surface area contributed by atoms with Crippen LogP contribution in [-0.4, -0.2) is 30.0 Å². The molecule has 0 aromatic heterocycles. The topological polar surface area (TPSA) is 55.6 Å². The number of ether oxygens (including phenoxy) is 1. The van der Waals surface area contributed by atoms with Crippen LogP contribution in [0.1, 0.15) is 38.3 Å². The quantitative estimate of drug-likeness (QED) is 0.904. The predicted molar refractivity (Wildman–Crippen MR) is 74.9 cm³/mol. The van der Waals surface area contributed by atoms with Gasteiger partial charge < -0.3 is 15.4 Å². The van der Waals surface area contributed by atoms with Crippen molar-refractivity contribution in [1.29, 1.82) is 0 Å². The van der Waals surface area contributed by atoms with E-state index in [0.717, 1.165) is 37.2 Å². The molecule has 1 atom stereocenters. The van der Waals surface area contributed by atoms with Crippen molar-refractivity contribution in [2.75, 3.05) is 13.1 Å². The molecule has 4 heteroatoms. The summed E-state index contributed by atoms with van der Waals surface area (Å²) in [5, 5.41) is 0. The number of amides is 1. The van der Waals surface area contributed by atoms with Gasteiger partial charge in [0.2, 0.25) is 5.91 Å². The first-order valence-electron chi connectivity index (χ1n) is 6.89. The molecule has 2 rings (SSSR count). The largest absolute Gasteiger partial charge is 0.491 e. The van der Waals surface area contributed by atoms with Crippen molar-refractivity contribution in [3.63, 3.8) is 0 Å². The standard InChI is InChI=1S/C15H22N2O2/c1-11(2)19-13-7-5-12(6-8-13)14(16)15(18)17-9-3-4-10-17/h5-8,11,14H,3-4,9-10,16H2,1-2H3. The maximum Gasteiger partial charge on any atom is 0.244 e. The number of carbonyl (C=O) groups is 1. The molecule has 0 radical (unpaired) electrons. The van der Waals surface area contributed by atoms with Crippen molar-refractivity contribution >= 4 is 5.91 Å². The molecule has 0 aliphatic carbocycles. The summed E-state index contributed by atoms with van der Waals surface area (Å²) in [6.07, 6.45) is 2.31. The lowest BCUT2D eigenvalue weighted by Crippen LogP contribution is -2.36. The molecule has 0 bridgehead atoms. The molecule has 0 spiro atoms. The molecule has 1 aromatic carbocycles. The van der Waals surface area contributed by atoms with Crippen LogP contribution >= 0.6 is 0 Å². The zero-order chi connectivity index (χ0) is 13.8. The first-order valence-corrected chi connectivity index (χ1v) is 6.89. The first-order chi connectivity index (χ1) is 9.08. The number of nitrogens with zero attached hydrogens (tertiary/aromatic N) is 1. The van der Waals surface area contributed by atoms with E-state index in [1.165, 1.54) is 0 Å². The van der Waals surface area contributed by atoms with E-state index in [4.69, 9.17) is 10.5 Å². The van der Waals surface area contributed by atoms with Crippen LogP contribution < -0.4 is 10.5 Å². The molecular weight excluding hydrogens is 240 g/mol. The van der Waals surface area contributed by atoms with Crippen molar-refractivity contribution in [2.24, 2.45) is 5.73 Å². The van der Waals surface area contributed by atoms with E-state index in [-0.39, 0.29) is 12.0 Å². The molecule has 4 nitrogen and oxygen atoms in total. The van der Waals surface area contributed by atoms with Gasteiger partial charge in [0.25, 0.3) is 0 Å². The summed E-state index contributed by atoms with van der Waals surface area (Å²) in [5.74, 6) is 0.828. The van der Waals surface area contributed by atoms with E-state index in [1.54, 1.807) is 0 Å². The highest BCUT2D eigenvalue weighted by Gasteiger charge is 2.24. The molecule has 1 aromatic rings. The molecule has 1 amide bonds. The number of nitrogens with two attached hydrogens (primary N) is 1. The summed E-state index contributed by atoms with van der Waals surface area (Å²) in [5.41, 5.74) is 6.88. The van der Waals surface area contributed by atoms with Gasteiger partial charge in [0.15, 0.2) is 0 Å². The summed E-state index contributed by atoms with van der Waals surface area (Å²) in [6.45, 7) is 5.63.